The highest BCUT2D eigenvalue weighted by atomic mass is 35.5. The second-order valence-corrected chi connectivity index (χ2v) is 14.8. The summed E-state index contributed by atoms with van der Waals surface area (Å²) in [4.78, 5) is 40.0. The second kappa shape index (κ2) is 19.1. The maximum absolute atomic E-state index is 13.7. The molecule has 1 N–H and O–H groups in total. The molecule has 3 unspecified atom stereocenters. The fraction of sp³-hybridized carbons (Fsp3) is 0.541. The summed E-state index contributed by atoms with van der Waals surface area (Å²) >= 11 is 26.2. The summed E-state index contributed by atoms with van der Waals surface area (Å²) in [6, 6.07) is 3.12. The first-order valence-electron chi connectivity index (χ1n) is 17.3. The van der Waals surface area contributed by atoms with Crippen molar-refractivity contribution in [3.8, 4) is 0 Å². The van der Waals surface area contributed by atoms with Crippen molar-refractivity contribution in [1.29, 1.82) is 0 Å². The molecule has 4 rings (SSSR count). The quantitative estimate of drug-likeness (QED) is 0.0624. The van der Waals surface area contributed by atoms with Gasteiger partial charge in [0.25, 0.3) is 5.91 Å². The Kier molecular flexibility index (Phi) is 15.2. The SMILES string of the molecule is CCCCCCCCCCCCC=CCCC(Cl)CC1CC(=O)N(C2=CC=CC(NC3=CC(=O)N=N3)(c3c(Cl)cc(Cl)cc3Cl)C2)C1=O. The number of benzene rings is 1. The lowest BCUT2D eigenvalue weighted by atomic mass is 9.81. The van der Waals surface area contributed by atoms with Gasteiger partial charge in [0.15, 0.2) is 5.82 Å². The second-order valence-electron chi connectivity index (χ2n) is 12.9. The van der Waals surface area contributed by atoms with E-state index in [1.54, 1.807) is 30.4 Å². The molecule has 2 aliphatic heterocycles. The Morgan fingerprint density at radius 3 is 2.23 bits per heavy atom. The van der Waals surface area contributed by atoms with Gasteiger partial charge in [0.05, 0.1) is 11.6 Å². The lowest BCUT2D eigenvalue weighted by molar-refractivity contribution is -0.137. The van der Waals surface area contributed by atoms with Gasteiger partial charge in [0.1, 0.15) is 0 Å². The molecule has 1 aliphatic carbocycles. The monoisotopic (exact) mass is 734 g/mol. The normalized spacial score (nSPS) is 21.5. The highest BCUT2D eigenvalue weighted by molar-refractivity contribution is 6.39. The molecule has 1 aromatic rings. The van der Waals surface area contributed by atoms with Gasteiger partial charge < -0.3 is 5.32 Å². The lowest BCUT2D eigenvalue weighted by Gasteiger charge is -2.38. The molecule has 48 heavy (non-hydrogen) atoms. The van der Waals surface area contributed by atoms with Crippen LogP contribution < -0.4 is 5.32 Å². The number of alkyl halides is 1. The van der Waals surface area contributed by atoms with Crippen molar-refractivity contribution in [1.82, 2.24) is 10.2 Å². The van der Waals surface area contributed by atoms with Crippen molar-refractivity contribution in [3.05, 3.63) is 80.7 Å². The van der Waals surface area contributed by atoms with E-state index in [4.69, 9.17) is 46.4 Å². The van der Waals surface area contributed by atoms with Crippen molar-refractivity contribution in [2.75, 3.05) is 0 Å². The Labute approximate surface area is 304 Å². The summed E-state index contributed by atoms with van der Waals surface area (Å²) in [5, 5.41) is 11.4. The fourth-order valence-electron chi connectivity index (χ4n) is 6.61. The van der Waals surface area contributed by atoms with E-state index in [0.29, 0.717) is 22.7 Å². The summed E-state index contributed by atoms with van der Waals surface area (Å²) < 4.78 is 0. The number of hydrogen-bond acceptors (Lipinski definition) is 5. The minimum Gasteiger partial charge on any atom is -0.355 e. The zero-order chi connectivity index (χ0) is 34.5. The van der Waals surface area contributed by atoms with Gasteiger partial charge in [-0.1, -0.05) is 124 Å². The number of halogens is 4. The third kappa shape index (κ3) is 10.8. The number of nitrogens with zero attached hydrogens (tertiary/aromatic N) is 3. The molecule has 1 aromatic carbocycles. The zero-order valence-electron chi connectivity index (χ0n) is 27.7. The average molecular weight is 737 g/mol. The van der Waals surface area contributed by atoms with Crippen LogP contribution >= 0.6 is 46.4 Å². The van der Waals surface area contributed by atoms with Gasteiger partial charge in [0, 0.05) is 50.5 Å². The molecule has 1 fully saturated rings. The molecule has 3 atom stereocenters. The third-order valence-corrected chi connectivity index (χ3v) is 10.3. The smallest absolute Gasteiger partial charge is 0.292 e. The summed E-state index contributed by atoms with van der Waals surface area (Å²) in [7, 11) is 0. The van der Waals surface area contributed by atoms with Gasteiger partial charge in [-0.05, 0) is 50.3 Å². The maximum atomic E-state index is 13.7. The van der Waals surface area contributed by atoms with E-state index in [1.807, 2.05) is 0 Å². The number of nitrogens with one attached hydrogen (secondary N) is 1. The Hall–Kier alpha value is -2.45. The van der Waals surface area contributed by atoms with Crippen molar-refractivity contribution in [3.63, 3.8) is 0 Å². The molecule has 260 valence electrons. The van der Waals surface area contributed by atoms with E-state index >= 15 is 0 Å². The van der Waals surface area contributed by atoms with Gasteiger partial charge in [-0.3, -0.25) is 19.3 Å². The van der Waals surface area contributed by atoms with E-state index in [9.17, 15) is 14.4 Å². The highest BCUT2D eigenvalue weighted by Gasteiger charge is 2.45. The number of imide groups is 1. The molecule has 0 radical (unpaired) electrons. The molecule has 0 bridgehead atoms. The van der Waals surface area contributed by atoms with Crippen LogP contribution in [0.2, 0.25) is 15.1 Å². The van der Waals surface area contributed by atoms with Crippen LogP contribution in [0.1, 0.15) is 115 Å². The van der Waals surface area contributed by atoms with Gasteiger partial charge in [-0.15, -0.1) is 21.8 Å². The minimum absolute atomic E-state index is 0.0917. The first-order valence-corrected chi connectivity index (χ1v) is 18.9. The number of rotatable bonds is 20. The Morgan fingerprint density at radius 1 is 0.938 bits per heavy atom. The Balaban J connectivity index is 1.28. The zero-order valence-corrected chi connectivity index (χ0v) is 30.7. The summed E-state index contributed by atoms with van der Waals surface area (Å²) in [6.07, 6.45) is 27.5. The van der Waals surface area contributed by atoms with Crippen molar-refractivity contribution < 1.29 is 14.4 Å². The van der Waals surface area contributed by atoms with Gasteiger partial charge in [-0.25, -0.2) is 0 Å². The summed E-state index contributed by atoms with van der Waals surface area (Å²) in [5.74, 6) is -1.38. The van der Waals surface area contributed by atoms with Crippen molar-refractivity contribution in [2.24, 2.45) is 16.1 Å². The van der Waals surface area contributed by atoms with Crippen LogP contribution in [0.15, 0.2) is 70.3 Å². The predicted molar refractivity (Wildman–Crippen MR) is 195 cm³/mol. The number of hydrogen-bond donors (Lipinski definition) is 1. The van der Waals surface area contributed by atoms with Gasteiger partial charge >= 0.3 is 0 Å². The van der Waals surface area contributed by atoms with E-state index in [2.05, 4.69) is 34.6 Å². The molecule has 1 saturated heterocycles. The van der Waals surface area contributed by atoms with Crippen molar-refractivity contribution in [2.45, 2.75) is 121 Å². The van der Waals surface area contributed by atoms with Crippen molar-refractivity contribution >= 4 is 64.1 Å². The number of likely N-dealkylation sites (tertiary alicyclic amines) is 1. The summed E-state index contributed by atoms with van der Waals surface area (Å²) in [5.41, 5.74) is -0.232. The maximum Gasteiger partial charge on any atom is 0.292 e. The van der Waals surface area contributed by atoms with Crippen LogP contribution in [0.4, 0.5) is 0 Å². The van der Waals surface area contributed by atoms with E-state index in [1.165, 1.54) is 75.2 Å². The molecule has 2 heterocycles. The molecule has 7 nitrogen and oxygen atoms in total. The first-order chi connectivity index (χ1) is 23.1. The van der Waals surface area contributed by atoms with E-state index < -0.39 is 17.4 Å². The third-order valence-electron chi connectivity index (χ3n) is 9.06. The molecule has 11 heteroatoms. The highest BCUT2D eigenvalue weighted by Crippen LogP contribution is 2.45. The number of allylic oxidation sites excluding steroid dienone is 4. The lowest BCUT2D eigenvalue weighted by Crippen LogP contribution is -2.44. The minimum atomic E-state index is -1.16. The number of unbranched alkanes of at least 4 members (excludes halogenated alkanes) is 10. The molecule has 0 spiro atoms. The van der Waals surface area contributed by atoms with E-state index in [0.717, 1.165) is 19.3 Å². The Bertz CT molecular complexity index is 1450. The molecule has 0 aromatic heterocycles. The molecule has 0 saturated carbocycles. The molecule has 3 aliphatic rings. The van der Waals surface area contributed by atoms with Crippen LogP contribution in [-0.2, 0) is 19.9 Å². The fourth-order valence-corrected chi connectivity index (χ4v) is 8.10. The standard InChI is InChI=1S/C37H46Cl4N4O3/c1-2-3-4-5-6-7-8-9-10-11-12-13-14-15-17-27(38)20-26-21-34(47)45(36(26)48)29-18-16-19-37(25-29,42-32-24-33(46)44-43-32)35-30(40)22-28(39)23-31(35)41/h13-14,16,18-19,22-24,26-27,42H,2-12,15,17,20-21,25H2,1H3. The first kappa shape index (κ1) is 38.4. The van der Waals surface area contributed by atoms with Crippen LogP contribution in [0.25, 0.3) is 0 Å². The number of carbonyl (C=O) groups is 3. The predicted octanol–water partition coefficient (Wildman–Crippen LogP) is 11.1. The summed E-state index contributed by atoms with van der Waals surface area (Å²) in [6.45, 7) is 2.26. The largest absolute Gasteiger partial charge is 0.355 e. The molecular formula is C37H46Cl4N4O3. The van der Waals surface area contributed by atoms with Crippen LogP contribution in [0.3, 0.4) is 0 Å². The number of amides is 3. The molecular weight excluding hydrogens is 690 g/mol. The number of carbonyl (C=O) groups excluding carboxylic acids is 3. The van der Waals surface area contributed by atoms with Gasteiger partial charge in [-0.2, -0.15) is 0 Å². The molecule has 3 amide bonds. The van der Waals surface area contributed by atoms with Crippen LogP contribution in [-0.4, -0.2) is 28.0 Å². The van der Waals surface area contributed by atoms with Gasteiger partial charge in [0.2, 0.25) is 11.8 Å². The topological polar surface area (TPSA) is 91.2 Å². The Morgan fingerprint density at radius 2 is 1.58 bits per heavy atom. The van der Waals surface area contributed by atoms with Crippen LogP contribution in [0, 0.1) is 5.92 Å². The van der Waals surface area contributed by atoms with E-state index in [-0.39, 0.29) is 45.9 Å². The average Bonchev–Trinajstić information content (AvgIpc) is 3.56. The number of azo groups is 1. The van der Waals surface area contributed by atoms with Crippen LogP contribution in [0.5, 0.6) is 0 Å².